The van der Waals surface area contributed by atoms with Gasteiger partial charge in [-0.25, -0.2) is 0 Å². The van der Waals surface area contributed by atoms with Crippen molar-refractivity contribution >= 4 is 14.3 Å². The lowest BCUT2D eigenvalue weighted by molar-refractivity contribution is -0.149. The number of carbonyl (C=O) groups excluding carboxylic acids is 1. The van der Waals surface area contributed by atoms with E-state index in [1.54, 1.807) is 0 Å². The summed E-state index contributed by atoms with van der Waals surface area (Å²) in [4.78, 5) is 12.1. The molecule has 1 saturated carbocycles. The molecule has 0 aliphatic heterocycles. The molecule has 0 spiro atoms. The Morgan fingerprint density at radius 1 is 1.20 bits per heavy atom. The van der Waals surface area contributed by atoms with E-state index in [4.69, 9.17) is 9.16 Å². The first kappa shape index (κ1) is 17.7. The SMILES string of the molecule is CCOC(=O)[C@@H]1CC(O[Si](C)(C)C(C)(C)C)CC1CC. The van der Waals surface area contributed by atoms with Crippen molar-refractivity contribution in [3.63, 3.8) is 0 Å². The molecular formula is C16H32O3Si. The maximum atomic E-state index is 12.1. The molecule has 0 bridgehead atoms. The predicted molar refractivity (Wildman–Crippen MR) is 85.2 cm³/mol. The summed E-state index contributed by atoms with van der Waals surface area (Å²) in [5, 5.41) is 0.219. The fourth-order valence-electron chi connectivity index (χ4n) is 2.75. The molecule has 0 aromatic heterocycles. The molecule has 1 rings (SSSR count). The van der Waals surface area contributed by atoms with Gasteiger partial charge in [0.25, 0.3) is 0 Å². The first-order chi connectivity index (χ1) is 9.12. The van der Waals surface area contributed by atoms with Crippen LogP contribution in [0.3, 0.4) is 0 Å². The highest BCUT2D eigenvalue weighted by Gasteiger charge is 2.44. The van der Waals surface area contributed by atoms with Crippen LogP contribution in [0.2, 0.25) is 18.1 Å². The molecule has 2 unspecified atom stereocenters. The minimum atomic E-state index is -1.75. The zero-order valence-corrected chi connectivity index (χ0v) is 15.3. The molecule has 118 valence electrons. The van der Waals surface area contributed by atoms with Crippen LogP contribution in [0, 0.1) is 11.8 Å². The number of rotatable bonds is 5. The fraction of sp³-hybridized carbons (Fsp3) is 0.938. The minimum absolute atomic E-state index is 0.0271. The highest BCUT2D eigenvalue weighted by atomic mass is 28.4. The van der Waals surface area contributed by atoms with Gasteiger partial charge in [-0.05, 0) is 43.8 Å². The molecule has 0 aromatic rings. The van der Waals surface area contributed by atoms with Crippen LogP contribution in [0.1, 0.15) is 53.9 Å². The summed E-state index contributed by atoms with van der Waals surface area (Å²) in [5.74, 6) is 0.430. The third-order valence-electron chi connectivity index (χ3n) is 5.03. The van der Waals surface area contributed by atoms with Crippen LogP contribution in [-0.2, 0) is 14.0 Å². The number of carbonyl (C=O) groups is 1. The molecule has 1 fully saturated rings. The number of ether oxygens (including phenoxy) is 1. The lowest BCUT2D eigenvalue weighted by atomic mass is 9.94. The van der Waals surface area contributed by atoms with Crippen LogP contribution in [-0.4, -0.2) is 27.0 Å². The Morgan fingerprint density at radius 3 is 2.25 bits per heavy atom. The van der Waals surface area contributed by atoms with Crippen molar-refractivity contribution in [1.29, 1.82) is 0 Å². The lowest BCUT2D eigenvalue weighted by Gasteiger charge is -2.38. The second kappa shape index (κ2) is 6.61. The molecule has 0 saturated heterocycles. The van der Waals surface area contributed by atoms with E-state index in [0.717, 1.165) is 19.3 Å². The minimum Gasteiger partial charge on any atom is -0.466 e. The summed E-state index contributed by atoms with van der Waals surface area (Å²) in [6, 6.07) is 0. The van der Waals surface area contributed by atoms with Gasteiger partial charge < -0.3 is 9.16 Å². The van der Waals surface area contributed by atoms with Crippen molar-refractivity contribution in [1.82, 2.24) is 0 Å². The van der Waals surface area contributed by atoms with E-state index in [1.807, 2.05) is 6.92 Å². The summed E-state index contributed by atoms with van der Waals surface area (Å²) in [6.07, 6.45) is 3.10. The van der Waals surface area contributed by atoms with Crippen molar-refractivity contribution in [3.05, 3.63) is 0 Å². The van der Waals surface area contributed by atoms with E-state index in [0.29, 0.717) is 12.5 Å². The molecule has 0 amide bonds. The van der Waals surface area contributed by atoms with Crippen LogP contribution >= 0.6 is 0 Å². The van der Waals surface area contributed by atoms with Gasteiger partial charge in [-0.2, -0.15) is 0 Å². The summed E-state index contributed by atoms with van der Waals surface area (Å²) in [7, 11) is -1.75. The number of hydrogen-bond donors (Lipinski definition) is 0. The van der Waals surface area contributed by atoms with Crippen molar-refractivity contribution in [2.75, 3.05) is 6.61 Å². The number of hydrogen-bond acceptors (Lipinski definition) is 3. The van der Waals surface area contributed by atoms with Crippen LogP contribution in [0.5, 0.6) is 0 Å². The van der Waals surface area contributed by atoms with E-state index in [9.17, 15) is 4.79 Å². The van der Waals surface area contributed by atoms with Crippen molar-refractivity contribution in [2.24, 2.45) is 11.8 Å². The summed E-state index contributed by atoms with van der Waals surface area (Å²) in [5.41, 5.74) is 0. The van der Waals surface area contributed by atoms with E-state index in [2.05, 4.69) is 40.8 Å². The average Bonchev–Trinajstić information content (AvgIpc) is 2.70. The van der Waals surface area contributed by atoms with E-state index in [-0.39, 0.29) is 23.0 Å². The van der Waals surface area contributed by atoms with Crippen LogP contribution in [0.4, 0.5) is 0 Å². The van der Waals surface area contributed by atoms with Crippen molar-refractivity contribution < 1.29 is 14.0 Å². The van der Waals surface area contributed by atoms with E-state index < -0.39 is 8.32 Å². The first-order valence-electron chi connectivity index (χ1n) is 7.96. The molecule has 0 N–H and O–H groups in total. The Morgan fingerprint density at radius 2 is 1.80 bits per heavy atom. The molecule has 1 aliphatic rings. The third kappa shape index (κ3) is 4.07. The van der Waals surface area contributed by atoms with Crippen LogP contribution in [0.15, 0.2) is 0 Å². The standard InChI is InChI=1S/C16H32O3Si/c1-8-12-10-13(11-14(12)15(17)18-9-2)19-20(6,7)16(3,4)5/h12-14H,8-11H2,1-7H3/t12?,13?,14-/m1/s1. The predicted octanol–water partition coefficient (Wildman–Crippen LogP) is 4.38. The van der Waals surface area contributed by atoms with Gasteiger partial charge in [0, 0.05) is 6.10 Å². The zero-order valence-electron chi connectivity index (χ0n) is 14.3. The molecule has 4 heteroatoms. The highest BCUT2D eigenvalue weighted by molar-refractivity contribution is 6.74. The monoisotopic (exact) mass is 300 g/mol. The van der Waals surface area contributed by atoms with Gasteiger partial charge in [-0.1, -0.05) is 34.1 Å². The molecule has 3 nitrogen and oxygen atoms in total. The first-order valence-corrected chi connectivity index (χ1v) is 10.9. The van der Waals surface area contributed by atoms with Crippen LogP contribution < -0.4 is 0 Å². The Labute approximate surface area is 125 Å². The Hall–Kier alpha value is -0.353. The summed E-state index contributed by atoms with van der Waals surface area (Å²) >= 11 is 0. The molecule has 3 atom stereocenters. The van der Waals surface area contributed by atoms with Gasteiger partial charge in [-0.3, -0.25) is 4.79 Å². The fourth-order valence-corrected chi connectivity index (χ4v) is 4.13. The van der Waals surface area contributed by atoms with E-state index in [1.165, 1.54) is 0 Å². The maximum Gasteiger partial charge on any atom is 0.309 e. The van der Waals surface area contributed by atoms with Gasteiger partial charge in [0.05, 0.1) is 12.5 Å². The smallest absolute Gasteiger partial charge is 0.309 e. The normalized spacial score (nSPS) is 27.6. The van der Waals surface area contributed by atoms with Gasteiger partial charge in [0.2, 0.25) is 0 Å². The van der Waals surface area contributed by atoms with Crippen molar-refractivity contribution in [3.8, 4) is 0 Å². The Bertz CT molecular complexity index is 333. The van der Waals surface area contributed by atoms with Gasteiger partial charge in [0.1, 0.15) is 0 Å². The molecule has 1 aliphatic carbocycles. The van der Waals surface area contributed by atoms with Gasteiger partial charge in [-0.15, -0.1) is 0 Å². The molecule has 0 heterocycles. The maximum absolute atomic E-state index is 12.1. The molecular weight excluding hydrogens is 268 g/mol. The van der Waals surface area contributed by atoms with Gasteiger partial charge in [0.15, 0.2) is 8.32 Å². The molecule has 20 heavy (non-hydrogen) atoms. The molecule has 0 radical (unpaired) electrons. The average molecular weight is 301 g/mol. The van der Waals surface area contributed by atoms with Gasteiger partial charge >= 0.3 is 5.97 Å². The molecule has 0 aromatic carbocycles. The highest BCUT2D eigenvalue weighted by Crippen LogP contribution is 2.43. The topological polar surface area (TPSA) is 35.5 Å². The summed E-state index contributed by atoms with van der Waals surface area (Å²) in [6.45, 7) is 15.8. The van der Waals surface area contributed by atoms with Crippen LogP contribution in [0.25, 0.3) is 0 Å². The second-order valence-corrected chi connectivity index (χ2v) is 12.3. The quantitative estimate of drug-likeness (QED) is 0.558. The van der Waals surface area contributed by atoms with Crippen molar-refractivity contribution in [2.45, 2.75) is 78.1 Å². The summed E-state index contributed by atoms with van der Waals surface area (Å²) < 4.78 is 11.7. The number of esters is 1. The Kier molecular flexibility index (Phi) is 5.85. The zero-order chi connectivity index (χ0) is 15.6. The largest absolute Gasteiger partial charge is 0.466 e. The Balaban J connectivity index is 2.70. The van der Waals surface area contributed by atoms with E-state index >= 15 is 0 Å². The third-order valence-corrected chi connectivity index (χ3v) is 9.57. The lowest BCUT2D eigenvalue weighted by Crippen LogP contribution is -2.43. The second-order valence-electron chi connectivity index (χ2n) is 7.50.